The SMILES string of the molecule is Cc1cc(C)c2nc(-n3ncc(C#N)c3NC(=O)CCOc3ccccc3Cl)cc(C)c2c1. The van der Waals surface area contributed by atoms with Crippen molar-refractivity contribution in [2.75, 3.05) is 11.9 Å². The van der Waals surface area contributed by atoms with Crippen LogP contribution < -0.4 is 10.1 Å². The summed E-state index contributed by atoms with van der Waals surface area (Å²) in [5.74, 6) is 0.994. The Morgan fingerprint density at radius 2 is 1.97 bits per heavy atom. The Kier molecular flexibility index (Phi) is 6.29. The fourth-order valence-electron chi connectivity index (χ4n) is 3.67. The second-order valence-electron chi connectivity index (χ2n) is 7.78. The fraction of sp³-hybridized carbons (Fsp3) is 0.200. The zero-order valence-corrected chi connectivity index (χ0v) is 19.3. The number of benzene rings is 2. The van der Waals surface area contributed by atoms with Crippen LogP contribution in [0.3, 0.4) is 0 Å². The Hall–Kier alpha value is -3.89. The summed E-state index contributed by atoms with van der Waals surface area (Å²) in [6, 6.07) is 15.2. The number of para-hydroxylation sites is 1. The quantitative estimate of drug-likeness (QED) is 0.423. The maximum Gasteiger partial charge on any atom is 0.228 e. The van der Waals surface area contributed by atoms with Gasteiger partial charge in [0.25, 0.3) is 0 Å². The van der Waals surface area contributed by atoms with Gasteiger partial charge in [0.05, 0.1) is 29.8 Å². The molecule has 4 rings (SSSR count). The summed E-state index contributed by atoms with van der Waals surface area (Å²) in [7, 11) is 0. The lowest BCUT2D eigenvalue weighted by molar-refractivity contribution is -0.116. The number of aromatic nitrogens is 3. The van der Waals surface area contributed by atoms with Gasteiger partial charge in [0.1, 0.15) is 17.4 Å². The number of nitrogens with one attached hydrogen (secondary N) is 1. The Morgan fingerprint density at radius 3 is 2.73 bits per heavy atom. The number of carbonyl (C=O) groups excluding carboxylic acids is 1. The van der Waals surface area contributed by atoms with E-state index in [1.54, 1.807) is 24.3 Å². The summed E-state index contributed by atoms with van der Waals surface area (Å²) in [5, 5.41) is 18.2. The van der Waals surface area contributed by atoms with Gasteiger partial charge in [-0.25, -0.2) is 4.98 Å². The molecule has 2 heterocycles. The van der Waals surface area contributed by atoms with E-state index in [0.29, 0.717) is 16.6 Å². The Bertz CT molecular complexity index is 1400. The number of aryl methyl sites for hydroxylation is 3. The first-order valence-electron chi connectivity index (χ1n) is 10.4. The number of fused-ring (bicyclic) bond motifs is 1. The molecule has 2 aromatic heterocycles. The first-order chi connectivity index (χ1) is 15.9. The van der Waals surface area contributed by atoms with Crippen LogP contribution in [0, 0.1) is 32.1 Å². The predicted molar refractivity (Wildman–Crippen MR) is 128 cm³/mol. The second kappa shape index (κ2) is 9.31. The summed E-state index contributed by atoms with van der Waals surface area (Å²) < 4.78 is 7.08. The van der Waals surface area contributed by atoms with Gasteiger partial charge in [-0.3, -0.25) is 4.79 Å². The summed E-state index contributed by atoms with van der Waals surface area (Å²) in [6.45, 7) is 6.20. The average Bonchev–Trinajstić information content (AvgIpc) is 3.18. The molecule has 0 unspecified atom stereocenters. The lowest BCUT2D eigenvalue weighted by Crippen LogP contribution is -2.18. The van der Waals surface area contributed by atoms with Crippen LogP contribution in [0.25, 0.3) is 16.7 Å². The minimum atomic E-state index is -0.315. The minimum Gasteiger partial charge on any atom is -0.491 e. The zero-order valence-electron chi connectivity index (χ0n) is 18.5. The van der Waals surface area contributed by atoms with Crippen molar-refractivity contribution in [3.05, 3.63) is 75.9 Å². The molecule has 0 fully saturated rings. The Morgan fingerprint density at radius 1 is 1.18 bits per heavy atom. The van der Waals surface area contributed by atoms with Crippen LogP contribution in [-0.2, 0) is 4.79 Å². The van der Waals surface area contributed by atoms with Gasteiger partial charge >= 0.3 is 0 Å². The molecule has 0 atom stereocenters. The standard InChI is InChI=1S/C25H22ClN5O2/c1-15-10-17(3)24-19(11-15)16(2)12-22(29-24)31-25(18(13-27)14-28-31)30-23(32)8-9-33-21-7-5-4-6-20(21)26/h4-7,10-12,14H,8-9H2,1-3H3,(H,30,32). The second-order valence-corrected chi connectivity index (χ2v) is 8.19. The number of anilines is 1. The average molecular weight is 460 g/mol. The molecule has 0 saturated carbocycles. The van der Waals surface area contributed by atoms with Crippen LogP contribution in [0.2, 0.25) is 5.02 Å². The van der Waals surface area contributed by atoms with E-state index in [0.717, 1.165) is 27.6 Å². The molecule has 4 aromatic rings. The summed E-state index contributed by atoms with van der Waals surface area (Å²) in [6.07, 6.45) is 1.49. The van der Waals surface area contributed by atoms with Crippen molar-refractivity contribution in [3.63, 3.8) is 0 Å². The first kappa shape index (κ1) is 22.3. The van der Waals surface area contributed by atoms with Crippen molar-refractivity contribution in [2.24, 2.45) is 0 Å². The van der Waals surface area contributed by atoms with Crippen molar-refractivity contribution in [3.8, 4) is 17.6 Å². The number of halogens is 1. The highest BCUT2D eigenvalue weighted by molar-refractivity contribution is 6.32. The van der Waals surface area contributed by atoms with Gasteiger partial charge in [-0.15, -0.1) is 0 Å². The van der Waals surface area contributed by atoms with Crippen LogP contribution in [0.5, 0.6) is 5.75 Å². The highest BCUT2D eigenvalue weighted by Crippen LogP contribution is 2.27. The van der Waals surface area contributed by atoms with Crippen molar-refractivity contribution >= 4 is 34.2 Å². The van der Waals surface area contributed by atoms with E-state index in [1.807, 2.05) is 19.9 Å². The van der Waals surface area contributed by atoms with Gasteiger partial charge in [-0.05, 0) is 56.2 Å². The van der Waals surface area contributed by atoms with Crippen molar-refractivity contribution in [1.29, 1.82) is 5.26 Å². The van der Waals surface area contributed by atoms with Crippen LogP contribution in [0.4, 0.5) is 5.82 Å². The number of carbonyl (C=O) groups is 1. The van der Waals surface area contributed by atoms with Crippen LogP contribution in [0.1, 0.15) is 28.7 Å². The van der Waals surface area contributed by atoms with Gasteiger partial charge < -0.3 is 10.1 Å². The van der Waals surface area contributed by atoms with Crippen molar-refractivity contribution in [2.45, 2.75) is 27.2 Å². The highest BCUT2D eigenvalue weighted by atomic mass is 35.5. The number of hydrogen-bond donors (Lipinski definition) is 1. The van der Waals surface area contributed by atoms with Gasteiger partial charge in [0.15, 0.2) is 11.6 Å². The molecular formula is C25H22ClN5O2. The number of hydrogen-bond acceptors (Lipinski definition) is 5. The Balaban J connectivity index is 1.58. The molecule has 7 nitrogen and oxygen atoms in total. The minimum absolute atomic E-state index is 0.0732. The number of nitriles is 1. The monoisotopic (exact) mass is 459 g/mol. The summed E-state index contributed by atoms with van der Waals surface area (Å²) >= 11 is 6.08. The van der Waals surface area contributed by atoms with Crippen LogP contribution in [0.15, 0.2) is 48.7 Å². The van der Waals surface area contributed by atoms with E-state index in [-0.39, 0.29) is 30.3 Å². The number of amides is 1. The summed E-state index contributed by atoms with van der Waals surface area (Å²) in [4.78, 5) is 17.4. The lowest BCUT2D eigenvalue weighted by Gasteiger charge is -2.13. The van der Waals surface area contributed by atoms with Crippen molar-refractivity contribution in [1.82, 2.24) is 14.8 Å². The van der Waals surface area contributed by atoms with Gasteiger partial charge in [0, 0.05) is 5.39 Å². The molecule has 0 aliphatic heterocycles. The maximum atomic E-state index is 12.6. The lowest BCUT2D eigenvalue weighted by atomic mass is 10.0. The Labute approximate surface area is 196 Å². The molecule has 1 N–H and O–H groups in total. The number of ether oxygens (including phenoxy) is 1. The van der Waals surface area contributed by atoms with Gasteiger partial charge in [0.2, 0.25) is 5.91 Å². The molecule has 8 heteroatoms. The van der Waals surface area contributed by atoms with Crippen LogP contribution >= 0.6 is 11.6 Å². The van der Waals surface area contributed by atoms with Crippen molar-refractivity contribution < 1.29 is 9.53 Å². The van der Waals surface area contributed by atoms with E-state index in [9.17, 15) is 10.1 Å². The third-order valence-electron chi connectivity index (χ3n) is 5.23. The molecular weight excluding hydrogens is 438 g/mol. The number of pyridine rings is 1. The molecule has 0 aliphatic rings. The maximum absolute atomic E-state index is 12.6. The highest BCUT2D eigenvalue weighted by Gasteiger charge is 2.17. The smallest absolute Gasteiger partial charge is 0.228 e. The molecule has 33 heavy (non-hydrogen) atoms. The number of rotatable bonds is 6. The molecule has 2 aromatic carbocycles. The topological polar surface area (TPSA) is 92.8 Å². The molecule has 0 aliphatic carbocycles. The van der Waals surface area contributed by atoms with Gasteiger partial charge in [-0.1, -0.05) is 35.4 Å². The zero-order chi connectivity index (χ0) is 23.5. The van der Waals surface area contributed by atoms with E-state index < -0.39 is 0 Å². The molecule has 1 amide bonds. The van der Waals surface area contributed by atoms with Gasteiger partial charge in [-0.2, -0.15) is 15.0 Å². The van der Waals surface area contributed by atoms with E-state index in [1.165, 1.54) is 10.9 Å². The third-order valence-corrected chi connectivity index (χ3v) is 5.54. The van der Waals surface area contributed by atoms with E-state index >= 15 is 0 Å². The largest absolute Gasteiger partial charge is 0.491 e. The van der Waals surface area contributed by atoms with Crippen LogP contribution in [-0.4, -0.2) is 27.3 Å². The van der Waals surface area contributed by atoms with E-state index in [2.05, 4.69) is 35.5 Å². The summed E-state index contributed by atoms with van der Waals surface area (Å²) in [5.41, 5.74) is 4.34. The predicted octanol–water partition coefficient (Wildman–Crippen LogP) is 5.28. The third kappa shape index (κ3) is 4.66. The first-order valence-corrected chi connectivity index (χ1v) is 10.8. The molecule has 0 radical (unpaired) electrons. The number of nitrogens with zero attached hydrogens (tertiary/aromatic N) is 4. The normalized spacial score (nSPS) is 10.8. The van der Waals surface area contributed by atoms with E-state index in [4.69, 9.17) is 21.3 Å². The fourth-order valence-corrected chi connectivity index (χ4v) is 3.86. The molecule has 0 spiro atoms. The molecule has 0 saturated heterocycles. The molecule has 166 valence electrons. The molecule has 0 bridgehead atoms.